The SMILES string of the molecule is CC(C)Oc1ccc(C(C)NC(=O)CCc2nc3ccccc3[nH]2)cc1. The van der Waals surface area contributed by atoms with Gasteiger partial charge in [-0.1, -0.05) is 24.3 Å². The van der Waals surface area contributed by atoms with Crippen molar-refractivity contribution in [2.24, 2.45) is 0 Å². The number of carbonyl (C=O) groups excluding carboxylic acids is 1. The lowest BCUT2D eigenvalue weighted by Crippen LogP contribution is -2.26. The summed E-state index contributed by atoms with van der Waals surface area (Å²) in [6, 6.07) is 15.7. The second-order valence-corrected chi connectivity index (χ2v) is 6.73. The number of nitrogens with zero attached hydrogens (tertiary/aromatic N) is 1. The lowest BCUT2D eigenvalue weighted by Gasteiger charge is -2.15. The number of ether oxygens (including phenoxy) is 1. The topological polar surface area (TPSA) is 67.0 Å². The molecule has 5 heteroatoms. The van der Waals surface area contributed by atoms with Crippen molar-refractivity contribution in [3.63, 3.8) is 0 Å². The largest absolute Gasteiger partial charge is 0.491 e. The van der Waals surface area contributed by atoms with Gasteiger partial charge in [0.25, 0.3) is 0 Å². The van der Waals surface area contributed by atoms with Gasteiger partial charge in [-0.2, -0.15) is 0 Å². The van der Waals surface area contributed by atoms with E-state index < -0.39 is 0 Å². The second kappa shape index (κ2) is 8.04. The van der Waals surface area contributed by atoms with E-state index in [9.17, 15) is 4.79 Å². The van der Waals surface area contributed by atoms with Crippen LogP contribution >= 0.6 is 0 Å². The summed E-state index contributed by atoms with van der Waals surface area (Å²) >= 11 is 0. The molecule has 0 saturated heterocycles. The summed E-state index contributed by atoms with van der Waals surface area (Å²) in [7, 11) is 0. The van der Waals surface area contributed by atoms with Crippen molar-refractivity contribution in [2.75, 3.05) is 0 Å². The third-order valence-electron chi connectivity index (χ3n) is 4.16. The fourth-order valence-corrected chi connectivity index (χ4v) is 2.86. The number of hydrogen-bond acceptors (Lipinski definition) is 3. The number of benzene rings is 2. The molecule has 1 atom stereocenters. The third-order valence-corrected chi connectivity index (χ3v) is 4.16. The zero-order chi connectivity index (χ0) is 18.5. The van der Waals surface area contributed by atoms with Gasteiger partial charge in [0.1, 0.15) is 11.6 Å². The Balaban J connectivity index is 1.52. The van der Waals surface area contributed by atoms with Gasteiger partial charge in [0.15, 0.2) is 0 Å². The lowest BCUT2D eigenvalue weighted by atomic mass is 10.1. The minimum absolute atomic E-state index is 0.0143. The molecule has 0 fully saturated rings. The van der Waals surface area contributed by atoms with Crippen LogP contribution in [0.2, 0.25) is 0 Å². The van der Waals surface area contributed by atoms with Gasteiger partial charge in [0.2, 0.25) is 5.91 Å². The molecule has 1 heterocycles. The first-order chi connectivity index (χ1) is 12.5. The predicted molar refractivity (Wildman–Crippen MR) is 103 cm³/mol. The minimum atomic E-state index is -0.0497. The molecular formula is C21H25N3O2. The first-order valence-electron chi connectivity index (χ1n) is 9.01. The number of rotatable bonds is 7. The van der Waals surface area contributed by atoms with Crippen LogP contribution in [0.4, 0.5) is 0 Å². The normalized spacial score (nSPS) is 12.3. The van der Waals surface area contributed by atoms with Crippen molar-refractivity contribution in [1.82, 2.24) is 15.3 Å². The number of carbonyl (C=O) groups is 1. The van der Waals surface area contributed by atoms with E-state index in [1.54, 1.807) is 0 Å². The monoisotopic (exact) mass is 351 g/mol. The van der Waals surface area contributed by atoms with E-state index >= 15 is 0 Å². The standard InChI is InChI=1S/C21H25N3O2/c1-14(2)26-17-10-8-16(9-11-17)15(3)22-21(25)13-12-20-23-18-6-4-5-7-19(18)24-20/h4-11,14-15H,12-13H2,1-3H3,(H,22,25)(H,23,24). The number of hydrogen-bond donors (Lipinski definition) is 2. The van der Waals surface area contributed by atoms with Crippen LogP contribution in [0, 0.1) is 0 Å². The molecule has 0 bridgehead atoms. The molecule has 1 amide bonds. The molecule has 3 rings (SSSR count). The Kier molecular flexibility index (Phi) is 5.56. The smallest absolute Gasteiger partial charge is 0.220 e. The molecule has 0 aliphatic rings. The summed E-state index contributed by atoms with van der Waals surface area (Å²) in [6.45, 7) is 5.98. The molecule has 136 valence electrons. The number of aromatic amines is 1. The van der Waals surface area contributed by atoms with Gasteiger partial charge in [-0.15, -0.1) is 0 Å². The summed E-state index contributed by atoms with van der Waals surface area (Å²) < 4.78 is 5.64. The first-order valence-corrected chi connectivity index (χ1v) is 9.01. The Morgan fingerprint density at radius 2 is 1.85 bits per heavy atom. The lowest BCUT2D eigenvalue weighted by molar-refractivity contribution is -0.121. The maximum Gasteiger partial charge on any atom is 0.220 e. The van der Waals surface area contributed by atoms with Gasteiger partial charge in [-0.25, -0.2) is 4.98 Å². The number of amides is 1. The molecule has 1 aromatic heterocycles. The summed E-state index contributed by atoms with van der Waals surface area (Å²) in [4.78, 5) is 20.0. The van der Waals surface area contributed by atoms with Gasteiger partial charge < -0.3 is 15.0 Å². The van der Waals surface area contributed by atoms with Crippen molar-refractivity contribution in [3.05, 3.63) is 59.9 Å². The van der Waals surface area contributed by atoms with Crippen LogP contribution in [0.15, 0.2) is 48.5 Å². The maximum atomic E-state index is 12.3. The van der Waals surface area contributed by atoms with Crippen LogP contribution < -0.4 is 10.1 Å². The molecule has 0 radical (unpaired) electrons. The Morgan fingerprint density at radius 3 is 2.54 bits per heavy atom. The van der Waals surface area contributed by atoms with Gasteiger partial charge in [0.05, 0.1) is 23.2 Å². The summed E-state index contributed by atoms with van der Waals surface area (Å²) in [5.41, 5.74) is 2.98. The van der Waals surface area contributed by atoms with E-state index in [1.165, 1.54) is 0 Å². The highest BCUT2D eigenvalue weighted by atomic mass is 16.5. The number of aryl methyl sites for hydroxylation is 1. The average molecular weight is 351 g/mol. The molecular weight excluding hydrogens is 326 g/mol. The van der Waals surface area contributed by atoms with Crippen molar-refractivity contribution in [1.29, 1.82) is 0 Å². The van der Waals surface area contributed by atoms with Crippen LogP contribution in [0.5, 0.6) is 5.75 Å². The summed E-state index contributed by atoms with van der Waals surface area (Å²) in [5, 5.41) is 3.04. The number of nitrogens with one attached hydrogen (secondary N) is 2. The fourth-order valence-electron chi connectivity index (χ4n) is 2.86. The van der Waals surface area contributed by atoms with E-state index in [1.807, 2.05) is 69.3 Å². The molecule has 0 saturated carbocycles. The molecule has 0 spiro atoms. The van der Waals surface area contributed by atoms with Gasteiger partial charge >= 0.3 is 0 Å². The summed E-state index contributed by atoms with van der Waals surface area (Å²) in [5.74, 6) is 1.69. The Labute approximate surface area is 153 Å². The van der Waals surface area contributed by atoms with Crippen LogP contribution in [-0.4, -0.2) is 22.0 Å². The van der Waals surface area contributed by atoms with E-state index in [4.69, 9.17) is 4.74 Å². The van der Waals surface area contributed by atoms with Crippen molar-refractivity contribution in [3.8, 4) is 5.75 Å². The van der Waals surface area contributed by atoms with Gasteiger partial charge in [-0.05, 0) is 50.6 Å². The number of para-hydroxylation sites is 2. The van der Waals surface area contributed by atoms with Crippen LogP contribution in [0.1, 0.15) is 44.6 Å². The zero-order valence-corrected chi connectivity index (χ0v) is 15.5. The molecule has 3 aromatic rings. The summed E-state index contributed by atoms with van der Waals surface area (Å²) in [6.07, 6.45) is 1.14. The zero-order valence-electron chi connectivity index (χ0n) is 15.5. The van der Waals surface area contributed by atoms with Crippen molar-refractivity contribution < 1.29 is 9.53 Å². The predicted octanol–water partition coefficient (Wildman–Crippen LogP) is 4.16. The average Bonchev–Trinajstić information content (AvgIpc) is 3.03. The maximum absolute atomic E-state index is 12.3. The molecule has 2 N–H and O–H groups in total. The Hall–Kier alpha value is -2.82. The van der Waals surface area contributed by atoms with Gasteiger partial charge in [-0.3, -0.25) is 4.79 Å². The molecule has 2 aromatic carbocycles. The molecule has 0 aliphatic heterocycles. The quantitative estimate of drug-likeness (QED) is 0.672. The highest BCUT2D eigenvalue weighted by Crippen LogP contribution is 2.19. The number of imidazole rings is 1. The van der Waals surface area contributed by atoms with Crippen LogP contribution in [0.25, 0.3) is 11.0 Å². The number of aromatic nitrogens is 2. The molecule has 26 heavy (non-hydrogen) atoms. The van der Waals surface area contributed by atoms with Gasteiger partial charge in [0, 0.05) is 12.8 Å². The van der Waals surface area contributed by atoms with Crippen molar-refractivity contribution >= 4 is 16.9 Å². The second-order valence-electron chi connectivity index (χ2n) is 6.73. The fraction of sp³-hybridized carbons (Fsp3) is 0.333. The molecule has 5 nitrogen and oxygen atoms in total. The van der Waals surface area contributed by atoms with E-state index in [0.29, 0.717) is 12.8 Å². The first kappa shape index (κ1) is 18.0. The molecule has 1 unspecified atom stereocenters. The number of H-pyrrole nitrogens is 1. The van der Waals surface area contributed by atoms with Crippen LogP contribution in [-0.2, 0) is 11.2 Å². The highest BCUT2D eigenvalue weighted by molar-refractivity contribution is 5.77. The van der Waals surface area contributed by atoms with Crippen LogP contribution in [0.3, 0.4) is 0 Å². The number of fused-ring (bicyclic) bond motifs is 1. The highest BCUT2D eigenvalue weighted by Gasteiger charge is 2.11. The Bertz CT molecular complexity index is 835. The van der Waals surface area contributed by atoms with Crippen molar-refractivity contribution in [2.45, 2.75) is 45.8 Å². The van der Waals surface area contributed by atoms with E-state index in [0.717, 1.165) is 28.2 Å². The minimum Gasteiger partial charge on any atom is -0.491 e. The third kappa shape index (κ3) is 4.63. The van der Waals surface area contributed by atoms with E-state index in [-0.39, 0.29) is 18.1 Å². The van der Waals surface area contributed by atoms with E-state index in [2.05, 4.69) is 15.3 Å². The molecule has 0 aliphatic carbocycles. The Morgan fingerprint density at radius 1 is 1.12 bits per heavy atom.